The van der Waals surface area contributed by atoms with Crippen molar-refractivity contribution < 1.29 is 4.79 Å². The lowest BCUT2D eigenvalue weighted by atomic mass is 9.84. The Bertz CT molecular complexity index is 432. The van der Waals surface area contributed by atoms with E-state index in [1.54, 1.807) is 0 Å². The average molecular weight is 244 g/mol. The smallest absolute Gasteiger partial charge is 0.237 e. The number of terminal acetylenes is 1. The Morgan fingerprint density at radius 2 is 2.06 bits per heavy atom. The van der Waals surface area contributed by atoms with Gasteiger partial charge in [0.2, 0.25) is 5.91 Å². The zero-order valence-electron chi connectivity index (χ0n) is 10.9. The number of nitrogens with two attached hydrogens (primary N) is 1. The highest BCUT2D eigenvalue weighted by Crippen LogP contribution is 2.21. The summed E-state index contributed by atoms with van der Waals surface area (Å²) in [6.07, 6.45) is 5.39. The SMILES string of the molecule is C#CCC(N)C(=O)NCC(C)(C)c1ccccc1. The van der Waals surface area contributed by atoms with E-state index in [1.165, 1.54) is 5.56 Å². The van der Waals surface area contributed by atoms with Crippen LogP contribution in [0.5, 0.6) is 0 Å². The van der Waals surface area contributed by atoms with Crippen molar-refractivity contribution in [3.63, 3.8) is 0 Å². The van der Waals surface area contributed by atoms with Crippen LogP contribution in [0.15, 0.2) is 30.3 Å². The van der Waals surface area contributed by atoms with E-state index in [1.807, 2.05) is 30.3 Å². The number of carbonyl (C=O) groups is 1. The fourth-order valence-corrected chi connectivity index (χ4v) is 1.65. The highest BCUT2D eigenvalue weighted by molar-refractivity contribution is 5.81. The molecule has 0 spiro atoms. The van der Waals surface area contributed by atoms with E-state index in [9.17, 15) is 4.79 Å². The first-order chi connectivity index (χ1) is 8.47. The molecule has 1 amide bonds. The summed E-state index contributed by atoms with van der Waals surface area (Å²) in [6.45, 7) is 4.69. The quantitative estimate of drug-likeness (QED) is 0.770. The van der Waals surface area contributed by atoms with Crippen LogP contribution in [0.1, 0.15) is 25.8 Å². The lowest BCUT2D eigenvalue weighted by Gasteiger charge is -2.26. The second kappa shape index (κ2) is 6.23. The largest absolute Gasteiger partial charge is 0.354 e. The van der Waals surface area contributed by atoms with Gasteiger partial charge in [-0.3, -0.25) is 4.79 Å². The number of benzene rings is 1. The molecule has 0 aliphatic rings. The van der Waals surface area contributed by atoms with Gasteiger partial charge >= 0.3 is 0 Å². The number of hydrogen-bond donors (Lipinski definition) is 2. The molecular weight excluding hydrogens is 224 g/mol. The third kappa shape index (κ3) is 3.90. The summed E-state index contributed by atoms with van der Waals surface area (Å²) in [4.78, 5) is 11.7. The van der Waals surface area contributed by atoms with Crippen LogP contribution in [0.25, 0.3) is 0 Å². The topological polar surface area (TPSA) is 55.1 Å². The number of rotatable bonds is 5. The van der Waals surface area contributed by atoms with E-state index in [0.29, 0.717) is 6.54 Å². The van der Waals surface area contributed by atoms with Crippen LogP contribution in [0.3, 0.4) is 0 Å². The zero-order valence-corrected chi connectivity index (χ0v) is 10.9. The minimum absolute atomic E-state index is 0.132. The van der Waals surface area contributed by atoms with Gasteiger partial charge in [-0.1, -0.05) is 44.2 Å². The fraction of sp³-hybridized carbons (Fsp3) is 0.400. The predicted octanol–water partition coefficient (Wildman–Crippen LogP) is 1.43. The lowest BCUT2D eigenvalue weighted by molar-refractivity contribution is -0.122. The maximum atomic E-state index is 11.7. The van der Waals surface area contributed by atoms with E-state index >= 15 is 0 Å². The summed E-state index contributed by atoms with van der Waals surface area (Å²) in [5.74, 6) is 2.19. The first-order valence-corrected chi connectivity index (χ1v) is 5.99. The Morgan fingerprint density at radius 3 is 2.61 bits per heavy atom. The molecule has 18 heavy (non-hydrogen) atoms. The molecule has 0 aliphatic carbocycles. The van der Waals surface area contributed by atoms with Gasteiger partial charge in [-0.2, -0.15) is 0 Å². The minimum atomic E-state index is -0.624. The molecule has 0 saturated heterocycles. The minimum Gasteiger partial charge on any atom is -0.354 e. The number of nitrogens with one attached hydrogen (secondary N) is 1. The molecule has 1 rings (SSSR count). The molecule has 0 fully saturated rings. The Hall–Kier alpha value is -1.79. The van der Waals surface area contributed by atoms with Gasteiger partial charge in [0, 0.05) is 18.4 Å². The van der Waals surface area contributed by atoms with Crippen molar-refractivity contribution in [1.29, 1.82) is 0 Å². The molecule has 3 N–H and O–H groups in total. The van der Waals surface area contributed by atoms with Crippen LogP contribution < -0.4 is 11.1 Å². The summed E-state index contributed by atoms with van der Waals surface area (Å²) in [5, 5.41) is 2.85. The molecule has 3 heteroatoms. The van der Waals surface area contributed by atoms with Gasteiger partial charge in [-0.05, 0) is 5.56 Å². The van der Waals surface area contributed by atoms with E-state index < -0.39 is 6.04 Å². The molecule has 1 unspecified atom stereocenters. The van der Waals surface area contributed by atoms with Crippen LogP contribution in [-0.2, 0) is 10.2 Å². The Kier molecular flexibility index (Phi) is 4.94. The summed E-state index contributed by atoms with van der Waals surface area (Å²) in [6, 6.07) is 9.43. The van der Waals surface area contributed by atoms with Gasteiger partial charge in [0.15, 0.2) is 0 Å². The maximum absolute atomic E-state index is 11.7. The van der Waals surface area contributed by atoms with Gasteiger partial charge in [0.25, 0.3) is 0 Å². The molecule has 0 aromatic heterocycles. The Labute approximate surface area is 109 Å². The van der Waals surface area contributed by atoms with Gasteiger partial charge in [-0.15, -0.1) is 12.3 Å². The first-order valence-electron chi connectivity index (χ1n) is 5.99. The van der Waals surface area contributed by atoms with Gasteiger partial charge in [0.1, 0.15) is 0 Å². The summed E-state index contributed by atoms with van der Waals surface area (Å²) < 4.78 is 0. The van der Waals surface area contributed by atoms with E-state index in [2.05, 4.69) is 25.1 Å². The van der Waals surface area contributed by atoms with Crippen LogP contribution in [0.2, 0.25) is 0 Å². The standard InChI is InChI=1S/C15H20N2O/c1-4-8-13(16)14(18)17-11-15(2,3)12-9-6-5-7-10-12/h1,5-7,9-10,13H,8,11,16H2,2-3H3,(H,17,18). The molecule has 1 atom stereocenters. The molecule has 1 aromatic carbocycles. The summed E-state index contributed by atoms with van der Waals surface area (Å²) in [7, 11) is 0. The summed E-state index contributed by atoms with van der Waals surface area (Å²) in [5.41, 5.74) is 6.69. The molecule has 0 bridgehead atoms. The molecule has 3 nitrogen and oxygen atoms in total. The first kappa shape index (κ1) is 14.3. The van der Waals surface area contributed by atoms with Crippen molar-refractivity contribution >= 4 is 5.91 Å². The molecule has 96 valence electrons. The third-order valence-electron chi connectivity index (χ3n) is 2.93. The van der Waals surface area contributed by atoms with Crippen LogP contribution >= 0.6 is 0 Å². The zero-order chi connectivity index (χ0) is 13.6. The summed E-state index contributed by atoms with van der Waals surface area (Å²) >= 11 is 0. The van der Waals surface area contributed by atoms with Crippen LogP contribution in [0.4, 0.5) is 0 Å². The van der Waals surface area contributed by atoms with E-state index in [4.69, 9.17) is 12.2 Å². The second-order valence-corrected chi connectivity index (χ2v) is 4.98. The van der Waals surface area contributed by atoms with Crippen molar-refractivity contribution in [3.8, 4) is 12.3 Å². The normalized spacial score (nSPS) is 12.6. The van der Waals surface area contributed by atoms with E-state index in [0.717, 1.165) is 0 Å². The maximum Gasteiger partial charge on any atom is 0.237 e. The van der Waals surface area contributed by atoms with Gasteiger partial charge < -0.3 is 11.1 Å². The number of hydrogen-bond acceptors (Lipinski definition) is 2. The van der Waals surface area contributed by atoms with Crippen molar-refractivity contribution in [2.75, 3.05) is 6.54 Å². The van der Waals surface area contributed by atoms with Gasteiger partial charge in [0.05, 0.1) is 6.04 Å². The highest BCUT2D eigenvalue weighted by atomic mass is 16.2. The molecule has 1 aromatic rings. The molecule has 0 saturated carbocycles. The monoisotopic (exact) mass is 244 g/mol. The number of carbonyl (C=O) groups excluding carboxylic acids is 1. The van der Waals surface area contributed by atoms with Crippen LogP contribution in [0, 0.1) is 12.3 Å². The van der Waals surface area contributed by atoms with Crippen molar-refractivity contribution in [3.05, 3.63) is 35.9 Å². The second-order valence-electron chi connectivity index (χ2n) is 4.98. The highest BCUT2D eigenvalue weighted by Gasteiger charge is 2.22. The van der Waals surface area contributed by atoms with E-state index in [-0.39, 0.29) is 17.7 Å². The lowest BCUT2D eigenvalue weighted by Crippen LogP contribution is -2.45. The molecular formula is C15H20N2O. The molecule has 0 aliphatic heterocycles. The number of amides is 1. The average Bonchev–Trinajstić information content (AvgIpc) is 2.37. The van der Waals surface area contributed by atoms with Gasteiger partial charge in [-0.25, -0.2) is 0 Å². The van der Waals surface area contributed by atoms with Crippen molar-refractivity contribution in [2.45, 2.75) is 31.7 Å². The predicted molar refractivity (Wildman–Crippen MR) is 73.9 cm³/mol. The third-order valence-corrected chi connectivity index (χ3v) is 2.93. The van der Waals surface area contributed by atoms with Crippen molar-refractivity contribution in [2.24, 2.45) is 5.73 Å². The fourth-order valence-electron chi connectivity index (χ4n) is 1.65. The van der Waals surface area contributed by atoms with Crippen molar-refractivity contribution in [1.82, 2.24) is 5.32 Å². The van der Waals surface area contributed by atoms with Crippen LogP contribution in [-0.4, -0.2) is 18.5 Å². The Balaban J connectivity index is 2.58. The molecule has 0 radical (unpaired) electrons. The molecule has 0 heterocycles. The Morgan fingerprint density at radius 1 is 1.44 bits per heavy atom.